The van der Waals surface area contributed by atoms with Crippen LogP contribution in [0.3, 0.4) is 0 Å². The molecule has 1 N–H and O–H groups in total. The van der Waals surface area contributed by atoms with Gasteiger partial charge in [-0.25, -0.2) is 13.2 Å². The highest BCUT2D eigenvalue weighted by atomic mass is 35.5. The Balaban J connectivity index is 2.46. The fourth-order valence-electron chi connectivity index (χ4n) is 2.08. The maximum atomic E-state index is 13.5. The van der Waals surface area contributed by atoms with Gasteiger partial charge in [0.15, 0.2) is 11.6 Å². The Morgan fingerprint density at radius 2 is 1.71 bits per heavy atom. The van der Waals surface area contributed by atoms with E-state index in [0.717, 1.165) is 30.7 Å². The van der Waals surface area contributed by atoms with Crippen molar-refractivity contribution < 1.29 is 13.2 Å². The molecule has 0 saturated carbocycles. The van der Waals surface area contributed by atoms with Gasteiger partial charge in [-0.3, -0.25) is 0 Å². The quantitative estimate of drug-likeness (QED) is 0.610. The summed E-state index contributed by atoms with van der Waals surface area (Å²) in [7, 11) is 0. The second-order valence-corrected chi connectivity index (χ2v) is 5.13. The van der Waals surface area contributed by atoms with E-state index < -0.39 is 17.5 Å². The molecule has 5 heteroatoms. The van der Waals surface area contributed by atoms with Crippen LogP contribution in [0.5, 0.6) is 0 Å². The molecule has 0 saturated heterocycles. The molecule has 0 radical (unpaired) electrons. The van der Waals surface area contributed by atoms with Crippen molar-refractivity contribution >= 4 is 11.6 Å². The largest absolute Gasteiger partial charge is 0.313 e. The van der Waals surface area contributed by atoms with E-state index in [-0.39, 0.29) is 10.6 Å². The Kier molecular flexibility index (Phi) is 5.26. The van der Waals surface area contributed by atoms with E-state index in [0.29, 0.717) is 12.1 Å². The van der Waals surface area contributed by atoms with Crippen LogP contribution in [0.4, 0.5) is 13.2 Å². The maximum Gasteiger partial charge on any atom is 0.160 e. The van der Waals surface area contributed by atoms with Crippen LogP contribution < -0.4 is 5.32 Å². The number of halogens is 4. The molecule has 2 aromatic carbocycles. The van der Waals surface area contributed by atoms with Crippen LogP contribution in [-0.2, 0) is 6.54 Å². The van der Waals surface area contributed by atoms with Crippen LogP contribution in [0.1, 0.15) is 18.9 Å². The van der Waals surface area contributed by atoms with E-state index in [9.17, 15) is 13.2 Å². The van der Waals surface area contributed by atoms with Gasteiger partial charge in [0.25, 0.3) is 0 Å². The number of hydrogen-bond acceptors (Lipinski definition) is 1. The Labute approximate surface area is 126 Å². The van der Waals surface area contributed by atoms with Gasteiger partial charge in [-0.05, 0) is 48.4 Å². The molecule has 0 amide bonds. The van der Waals surface area contributed by atoms with Gasteiger partial charge in [0.2, 0.25) is 0 Å². The summed E-state index contributed by atoms with van der Waals surface area (Å²) in [6, 6.07) is 6.13. The van der Waals surface area contributed by atoms with Gasteiger partial charge in [0.1, 0.15) is 5.82 Å². The van der Waals surface area contributed by atoms with Crippen molar-refractivity contribution in [1.29, 1.82) is 0 Å². The van der Waals surface area contributed by atoms with E-state index in [1.807, 2.05) is 6.92 Å². The molecule has 0 spiro atoms. The van der Waals surface area contributed by atoms with E-state index in [1.165, 1.54) is 12.1 Å². The zero-order valence-electron chi connectivity index (χ0n) is 11.5. The van der Waals surface area contributed by atoms with E-state index in [1.54, 1.807) is 6.07 Å². The summed E-state index contributed by atoms with van der Waals surface area (Å²) in [5.74, 6) is -2.48. The minimum atomic E-state index is -1.02. The predicted molar refractivity (Wildman–Crippen MR) is 78.8 cm³/mol. The summed E-state index contributed by atoms with van der Waals surface area (Å²) in [4.78, 5) is 0. The SMILES string of the molecule is CCCNCc1ccc(F)cc1-c1cc(F)c(F)cc1Cl. The standard InChI is InChI=1S/C16H15ClF3N/c1-2-5-21-9-10-3-4-11(18)6-12(10)13-7-15(19)16(20)8-14(13)17/h3-4,6-8,21H,2,5,9H2,1H3. The molecule has 0 unspecified atom stereocenters. The molecule has 0 aromatic heterocycles. The van der Waals surface area contributed by atoms with Crippen LogP contribution in [0.2, 0.25) is 5.02 Å². The van der Waals surface area contributed by atoms with Gasteiger partial charge in [-0.1, -0.05) is 24.6 Å². The first-order valence-electron chi connectivity index (χ1n) is 6.67. The summed E-state index contributed by atoms with van der Waals surface area (Å²) in [5, 5.41) is 3.25. The van der Waals surface area contributed by atoms with Crippen molar-refractivity contribution in [3.63, 3.8) is 0 Å². The average Bonchev–Trinajstić information content (AvgIpc) is 2.45. The summed E-state index contributed by atoms with van der Waals surface area (Å²) < 4.78 is 40.1. The first-order valence-corrected chi connectivity index (χ1v) is 7.04. The first-order chi connectivity index (χ1) is 10.0. The third kappa shape index (κ3) is 3.77. The van der Waals surface area contributed by atoms with Crippen LogP contribution in [-0.4, -0.2) is 6.54 Å². The van der Waals surface area contributed by atoms with Crippen molar-refractivity contribution in [3.8, 4) is 11.1 Å². The van der Waals surface area contributed by atoms with Crippen molar-refractivity contribution in [2.75, 3.05) is 6.54 Å². The lowest BCUT2D eigenvalue weighted by Crippen LogP contribution is -2.14. The normalized spacial score (nSPS) is 10.9. The molecule has 0 aliphatic heterocycles. The minimum Gasteiger partial charge on any atom is -0.313 e. The zero-order valence-corrected chi connectivity index (χ0v) is 12.3. The third-order valence-electron chi connectivity index (χ3n) is 3.11. The van der Waals surface area contributed by atoms with E-state index in [2.05, 4.69) is 5.32 Å². The van der Waals surface area contributed by atoms with Crippen molar-refractivity contribution in [1.82, 2.24) is 5.32 Å². The molecule has 1 nitrogen and oxygen atoms in total. The Bertz CT molecular complexity index is 644. The first kappa shape index (κ1) is 15.9. The molecule has 0 heterocycles. The van der Waals surface area contributed by atoms with E-state index in [4.69, 9.17) is 11.6 Å². The summed E-state index contributed by atoms with van der Waals surface area (Å²) in [5.41, 5.74) is 1.52. The third-order valence-corrected chi connectivity index (χ3v) is 3.43. The maximum absolute atomic E-state index is 13.5. The number of rotatable bonds is 5. The highest BCUT2D eigenvalue weighted by Gasteiger charge is 2.14. The molecule has 2 rings (SSSR count). The Morgan fingerprint density at radius 3 is 2.43 bits per heavy atom. The van der Waals surface area contributed by atoms with Gasteiger partial charge < -0.3 is 5.32 Å². The molecular weight excluding hydrogens is 299 g/mol. The van der Waals surface area contributed by atoms with Crippen LogP contribution >= 0.6 is 11.6 Å². The van der Waals surface area contributed by atoms with E-state index >= 15 is 0 Å². The Hall–Kier alpha value is -1.52. The lowest BCUT2D eigenvalue weighted by atomic mass is 9.99. The molecule has 0 aliphatic rings. The number of benzene rings is 2. The highest BCUT2D eigenvalue weighted by molar-refractivity contribution is 6.33. The van der Waals surface area contributed by atoms with Crippen LogP contribution in [0.15, 0.2) is 30.3 Å². The molecule has 21 heavy (non-hydrogen) atoms. The predicted octanol–water partition coefficient (Wildman–Crippen LogP) is 4.92. The fourth-order valence-corrected chi connectivity index (χ4v) is 2.33. The van der Waals surface area contributed by atoms with Gasteiger partial charge in [0.05, 0.1) is 5.02 Å². The summed E-state index contributed by atoms with van der Waals surface area (Å²) in [6.45, 7) is 3.34. The van der Waals surface area contributed by atoms with Crippen LogP contribution in [0, 0.1) is 17.5 Å². The molecule has 0 bridgehead atoms. The fraction of sp³-hybridized carbons (Fsp3) is 0.250. The minimum absolute atomic E-state index is 0.0521. The monoisotopic (exact) mass is 313 g/mol. The van der Waals surface area contributed by atoms with Gasteiger partial charge in [0, 0.05) is 12.1 Å². The van der Waals surface area contributed by atoms with Crippen LogP contribution in [0.25, 0.3) is 11.1 Å². The smallest absolute Gasteiger partial charge is 0.160 e. The van der Waals surface area contributed by atoms with Gasteiger partial charge >= 0.3 is 0 Å². The zero-order chi connectivity index (χ0) is 15.4. The second kappa shape index (κ2) is 6.96. The Morgan fingerprint density at radius 1 is 1.00 bits per heavy atom. The summed E-state index contributed by atoms with van der Waals surface area (Å²) in [6.07, 6.45) is 0.961. The lowest BCUT2D eigenvalue weighted by molar-refractivity contribution is 0.509. The summed E-state index contributed by atoms with van der Waals surface area (Å²) >= 11 is 5.97. The second-order valence-electron chi connectivity index (χ2n) is 4.72. The topological polar surface area (TPSA) is 12.0 Å². The highest BCUT2D eigenvalue weighted by Crippen LogP contribution is 2.33. The van der Waals surface area contributed by atoms with Crippen molar-refractivity contribution in [3.05, 3.63) is 58.4 Å². The number of nitrogens with one attached hydrogen (secondary N) is 1. The molecule has 0 fully saturated rings. The van der Waals surface area contributed by atoms with Crippen molar-refractivity contribution in [2.45, 2.75) is 19.9 Å². The van der Waals surface area contributed by atoms with Gasteiger partial charge in [-0.15, -0.1) is 0 Å². The molecule has 112 valence electrons. The number of hydrogen-bond donors (Lipinski definition) is 1. The molecule has 0 aliphatic carbocycles. The van der Waals surface area contributed by atoms with Gasteiger partial charge in [-0.2, -0.15) is 0 Å². The average molecular weight is 314 g/mol. The van der Waals surface area contributed by atoms with Crippen molar-refractivity contribution in [2.24, 2.45) is 0 Å². The molecular formula is C16H15ClF3N. The molecule has 2 aromatic rings. The molecule has 0 atom stereocenters. The lowest BCUT2D eigenvalue weighted by Gasteiger charge is -2.13.